The number of pyridine rings is 1. The first-order chi connectivity index (χ1) is 14.6. The summed E-state index contributed by atoms with van der Waals surface area (Å²) < 4.78 is 24.9. The van der Waals surface area contributed by atoms with E-state index in [1.165, 1.54) is 17.7 Å². The third-order valence-corrected chi connectivity index (χ3v) is 5.77. The first-order valence-electron chi connectivity index (χ1n) is 10.5. The second-order valence-electron chi connectivity index (χ2n) is 7.86. The van der Waals surface area contributed by atoms with Gasteiger partial charge >= 0.3 is 5.97 Å². The third-order valence-electron chi connectivity index (χ3n) is 5.77. The molecule has 2 aliphatic heterocycles. The molecule has 6 heteroatoms. The van der Waals surface area contributed by atoms with Gasteiger partial charge in [0.1, 0.15) is 18.2 Å². The van der Waals surface area contributed by atoms with Crippen LogP contribution in [0.1, 0.15) is 43.5 Å². The van der Waals surface area contributed by atoms with E-state index >= 15 is 0 Å². The number of benzene rings is 1. The van der Waals surface area contributed by atoms with Gasteiger partial charge < -0.3 is 14.4 Å². The maximum atomic E-state index is 13.9. The highest BCUT2D eigenvalue weighted by Crippen LogP contribution is 2.40. The van der Waals surface area contributed by atoms with Gasteiger partial charge in [0.25, 0.3) is 0 Å². The third kappa shape index (κ3) is 4.24. The lowest BCUT2D eigenvalue weighted by Crippen LogP contribution is -2.37. The average Bonchev–Trinajstić information content (AvgIpc) is 2.91. The number of piperidine rings is 1. The number of esters is 1. The molecule has 0 spiro atoms. The average molecular weight is 410 g/mol. The van der Waals surface area contributed by atoms with Crippen molar-refractivity contribution >= 4 is 11.5 Å². The lowest BCUT2D eigenvalue weighted by atomic mass is 9.87. The molecule has 0 saturated carbocycles. The van der Waals surface area contributed by atoms with Crippen LogP contribution in [0.5, 0.6) is 5.75 Å². The van der Waals surface area contributed by atoms with Gasteiger partial charge in [0, 0.05) is 43.0 Å². The molecule has 4 rings (SSSR count). The Balaban J connectivity index is 1.61. The molecular formula is C24H27FN2O3. The number of nitrogens with zero attached hydrogens (tertiary/aromatic N) is 2. The van der Waals surface area contributed by atoms with Crippen molar-refractivity contribution in [2.45, 2.75) is 33.3 Å². The highest BCUT2D eigenvalue weighted by Gasteiger charge is 2.27. The monoisotopic (exact) mass is 410 g/mol. The van der Waals surface area contributed by atoms with Crippen LogP contribution in [-0.4, -0.2) is 42.1 Å². The number of fused-ring (bicyclic) bond motifs is 2. The fourth-order valence-electron chi connectivity index (χ4n) is 4.28. The van der Waals surface area contributed by atoms with Gasteiger partial charge in [-0.2, -0.15) is 0 Å². The predicted molar refractivity (Wildman–Crippen MR) is 112 cm³/mol. The zero-order valence-electron chi connectivity index (χ0n) is 17.5. The molecule has 2 aromatic rings. The van der Waals surface area contributed by atoms with E-state index < -0.39 is 0 Å². The number of carbonyl (C=O) groups is 1. The number of likely N-dealkylation sites (tertiary alicyclic amines) is 1. The van der Waals surface area contributed by atoms with Gasteiger partial charge in [-0.05, 0) is 43.5 Å². The molecule has 1 aromatic heterocycles. The highest BCUT2D eigenvalue weighted by atomic mass is 19.1. The molecule has 2 aliphatic rings. The van der Waals surface area contributed by atoms with Crippen molar-refractivity contribution in [2.75, 3.05) is 26.2 Å². The first-order valence-corrected chi connectivity index (χ1v) is 10.5. The summed E-state index contributed by atoms with van der Waals surface area (Å²) in [6, 6.07) is 8.76. The summed E-state index contributed by atoms with van der Waals surface area (Å²) in [4.78, 5) is 18.8. The smallest absolute Gasteiger partial charge is 0.309 e. The number of ether oxygens (including phenoxy) is 2. The zero-order chi connectivity index (χ0) is 21.1. The van der Waals surface area contributed by atoms with Crippen LogP contribution in [0, 0.1) is 11.7 Å². The van der Waals surface area contributed by atoms with E-state index in [9.17, 15) is 9.18 Å². The topological polar surface area (TPSA) is 51.7 Å². The summed E-state index contributed by atoms with van der Waals surface area (Å²) in [5.74, 6) is -0.0220. The van der Waals surface area contributed by atoms with E-state index in [0.29, 0.717) is 25.5 Å². The number of carbonyl (C=O) groups excluding carboxylic acids is 1. The fourth-order valence-corrected chi connectivity index (χ4v) is 4.28. The molecule has 1 saturated heterocycles. The van der Waals surface area contributed by atoms with Crippen molar-refractivity contribution < 1.29 is 18.7 Å². The van der Waals surface area contributed by atoms with Crippen molar-refractivity contribution in [3.8, 4) is 5.75 Å². The second kappa shape index (κ2) is 8.96. The molecule has 3 heterocycles. The molecule has 0 radical (unpaired) electrons. The van der Waals surface area contributed by atoms with Crippen LogP contribution in [0.4, 0.5) is 4.39 Å². The molecule has 0 bridgehead atoms. The van der Waals surface area contributed by atoms with Crippen molar-refractivity contribution in [3.63, 3.8) is 0 Å². The van der Waals surface area contributed by atoms with Gasteiger partial charge in [0.15, 0.2) is 0 Å². The minimum absolute atomic E-state index is 0.140. The Labute approximate surface area is 176 Å². The van der Waals surface area contributed by atoms with Crippen molar-refractivity contribution in [1.29, 1.82) is 0 Å². The molecule has 30 heavy (non-hydrogen) atoms. The number of hydrogen-bond acceptors (Lipinski definition) is 5. The Kier molecular flexibility index (Phi) is 6.13. The molecular weight excluding hydrogens is 383 g/mol. The van der Waals surface area contributed by atoms with Gasteiger partial charge in [-0.1, -0.05) is 18.6 Å². The number of halogens is 1. The number of rotatable bonds is 4. The van der Waals surface area contributed by atoms with E-state index in [0.717, 1.165) is 48.3 Å². The standard InChI is InChI=1S/C24H27FN2O3/c1-3-29-24(28)16(2)14-27-11-8-17(9-12-27)23-19-5-4-10-26-21(19)15-30-22-13-18(25)6-7-20(22)23/h4-7,10,13,16H,3,8-9,11-12,14-15H2,1-2H3. The zero-order valence-corrected chi connectivity index (χ0v) is 17.5. The van der Waals surface area contributed by atoms with Crippen LogP contribution in [0.3, 0.4) is 0 Å². The van der Waals surface area contributed by atoms with Gasteiger partial charge in [0.05, 0.1) is 18.2 Å². The normalized spacial score (nSPS) is 17.4. The fraction of sp³-hybridized carbons (Fsp3) is 0.417. The predicted octanol–water partition coefficient (Wildman–Crippen LogP) is 4.21. The van der Waals surface area contributed by atoms with Gasteiger partial charge in [-0.3, -0.25) is 9.78 Å². The summed E-state index contributed by atoms with van der Waals surface area (Å²) in [7, 11) is 0. The van der Waals surface area contributed by atoms with E-state index in [2.05, 4.69) is 16.0 Å². The molecule has 0 N–H and O–H groups in total. The Morgan fingerprint density at radius 3 is 2.83 bits per heavy atom. The minimum Gasteiger partial charge on any atom is -0.487 e. The summed E-state index contributed by atoms with van der Waals surface area (Å²) in [5.41, 5.74) is 5.29. The van der Waals surface area contributed by atoms with Crippen molar-refractivity contribution in [1.82, 2.24) is 9.88 Å². The SMILES string of the molecule is CCOC(=O)C(C)CN1CCC(=C2c3ccc(F)cc3OCc3ncccc32)CC1. The molecule has 1 unspecified atom stereocenters. The molecule has 1 fully saturated rings. The Hall–Kier alpha value is -2.73. The first kappa shape index (κ1) is 20.5. The van der Waals surface area contributed by atoms with E-state index in [4.69, 9.17) is 9.47 Å². The molecule has 158 valence electrons. The summed E-state index contributed by atoms with van der Waals surface area (Å²) in [6.45, 7) is 6.93. The van der Waals surface area contributed by atoms with Crippen LogP contribution in [0.25, 0.3) is 5.57 Å². The molecule has 1 aromatic carbocycles. The van der Waals surface area contributed by atoms with E-state index in [1.54, 1.807) is 6.20 Å². The van der Waals surface area contributed by atoms with Gasteiger partial charge in [-0.25, -0.2) is 4.39 Å². The maximum Gasteiger partial charge on any atom is 0.309 e. The summed E-state index contributed by atoms with van der Waals surface area (Å²) >= 11 is 0. The highest BCUT2D eigenvalue weighted by molar-refractivity contribution is 5.86. The van der Waals surface area contributed by atoms with Crippen LogP contribution >= 0.6 is 0 Å². The lowest BCUT2D eigenvalue weighted by Gasteiger charge is -2.31. The Bertz CT molecular complexity index is 963. The lowest BCUT2D eigenvalue weighted by molar-refractivity contribution is -0.148. The van der Waals surface area contributed by atoms with Crippen molar-refractivity contribution in [3.05, 3.63) is 64.7 Å². The van der Waals surface area contributed by atoms with Crippen LogP contribution in [0.15, 0.2) is 42.1 Å². The molecule has 0 amide bonds. The van der Waals surface area contributed by atoms with Crippen LogP contribution in [0.2, 0.25) is 0 Å². The molecule has 1 atom stereocenters. The van der Waals surface area contributed by atoms with Gasteiger partial charge in [0.2, 0.25) is 0 Å². The van der Waals surface area contributed by atoms with Crippen molar-refractivity contribution in [2.24, 2.45) is 5.92 Å². The molecule has 0 aliphatic carbocycles. The van der Waals surface area contributed by atoms with E-state index in [1.807, 2.05) is 26.0 Å². The summed E-state index contributed by atoms with van der Waals surface area (Å²) in [5, 5.41) is 0. The number of aromatic nitrogens is 1. The minimum atomic E-state index is -0.306. The second-order valence-corrected chi connectivity index (χ2v) is 7.86. The van der Waals surface area contributed by atoms with Crippen LogP contribution < -0.4 is 4.74 Å². The molecule has 5 nitrogen and oxygen atoms in total. The Morgan fingerprint density at radius 2 is 2.07 bits per heavy atom. The quantitative estimate of drug-likeness (QED) is 0.707. The van der Waals surface area contributed by atoms with Crippen LogP contribution in [-0.2, 0) is 16.1 Å². The van der Waals surface area contributed by atoms with Gasteiger partial charge in [-0.15, -0.1) is 0 Å². The Morgan fingerprint density at radius 1 is 1.27 bits per heavy atom. The largest absolute Gasteiger partial charge is 0.487 e. The number of hydrogen-bond donors (Lipinski definition) is 0. The van der Waals surface area contributed by atoms with E-state index in [-0.39, 0.29) is 17.7 Å². The summed E-state index contributed by atoms with van der Waals surface area (Å²) in [6.07, 6.45) is 3.53. The maximum absolute atomic E-state index is 13.9.